The molecule has 0 bridgehead atoms. The third-order valence-electron chi connectivity index (χ3n) is 4.92. The summed E-state index contributed by atoms with van der Waals surface area (Å²) in [5, 5.41) is 2.88. The number of nitrogens with two attached hydrogens (primary N) is 1. The van der Waals surface area contributed by atoms with Crippen LogP contribution in [0.1, 0.15) is 57.6 Å². The van der Waals surface area contributed by atoms with Gasteiger partial charge in [-0.2, -0.15) is 0 Å². The fraction of sp³-hybridized carbons (Fsp3) is 0.611. The molecule has 0 spiro atoms. The van der Waals surface area contributed by atoms with E-state index in [1.165, 1.54) is 5.56 Å². The van der Waals surface area contributed by atoms with Crippen molar-refractivity contribution in [1.29, 1.82) is 0 Å². The molecule has 0 unspecified atom stereocenters. The Morgan fingerprint density at radius 3 is 2.36 bits per heavy atom. The summed E-state index contributed by atoms with van der Waals surface area (Å²) in [5.74, 6) is 0. The number of nitrogens with one attached hydrogen (secondary N) is 1. The van der Waals surface area contributed by atoms with E-state index in [0.29, 0.717) is 0 Å². The second-order valence-electron chi connectivity index (χ2n) is 7.89. The monoisotopic (exact) mass is 302 g/mol. The third-order valence-corrected chi connectivity index (χ3v) is 4.92. The Hall–Kier alpha value is -1.55. The van der Waals surface area contributed by atoms with Crippen LogP contribution in [0.4, 0.5) is 10.5 Å². The van der Waals surface area contributed by atoms with E-state index in [1.807, 2.05) is 27.7 Å². The van der Waals surface area contributed by atoms with Crippen molar-refractivity contribution >= 4 is 11.8 Å². The number of anilines is 1. The van der Waals surface area contributed by atoms with E-state index in [0.717, 1.165) is 36.9 Å². The number of benzene rings is 1. The van der Waals surface area contributed by atoms with Crippen molar-refractivity contribution in [2.24, 2.45) is 5.73 Å². The van der Waals surface area contributed by atoms with Crippen LogP contribution >= 0.6 is 0 Å². The first-order valence-electron chi connectivity index (χ1n) is 8.05. The molecule has 0 aromatic heterocycles. The van der Waals surface area contributed by atoms with Crippen LogP contribution in [0.25, 0.3) is 0 Å². The number of hydrogen-bond acceptors (Lipinski definition) is 3. The SMILES string of the molecule is Cc1ccc(C2(C3(N)CC3)CC2)cc1NC(=O)OC(C)(C)C. The molecule has 1 aromatic rings. The first-order valence-corrected chi connectivity index (χ1v) is 8.05. The largest absolute Gasteiger partial charge is 0.444 e. The highest BCUT2D eigenvalue weighted by Crippen LogP contribution is 2.63. The van der Waals surface area contributed by atoms with Crippen molar-refractivity contribution in [2.45, 2.75) is 69.9 Å². The standard InChI is InChI=1S/C18H26N2O2/c1-12-5-6-13(17(7-8-17)18(19)9-10-18)11-14(12)20-15(21)22-16(2,3)4/h5-6,11H,7-10,19H2,1-4H3,(H,20,21). The molecule has 22 heavy (non-hydrogen) atoms. The zero-order chi connectivity index (χ0) is 16.2. The van der Waals surface area contributed by atoms with Crippen molar-refractivity contribution in [3.8, 4) is 0 Å². The Kier molecular flexibility index (Phi) is 3.29. The van der Waals surface area contributed by atoms with Gasteiger partial charge in [0.2, 0.25) is 0 Å². The minimum atomic E-state index is -0.497. The predicted molar refractivity (Wildman–Crippen MR) is 88.1 cm³/mol. The second-order valence-corrected chi connectivity index (χ2v) is 7.89. The molecule has 2 fully saturated rings. The summed E-state index contributed by atoms with van der Waals surface area (Å²) >= 11 is 0. The van der Waals surface area contributed by atoms with Gasteiger partial charge in [-0.1, -0.05) is 12.1 Å². The third kappa shape index (κ3) is 2.72. The molecular formula is C18H26N2O2. The van der Waals surface area contributed by atoms with Gasteiger partial charge in [-0.25, -0.2) is 4.79 Å². The van der Waals surface area contributed by atoms with Gasteiger partial charge < -0.3 is 10.5 Å². The smallest absolute Gasteiger partial charge is 0.412 e. The van der Waals surface area contributed by atoms with E-state index in [1.54, 1.807) is 0 Å². The molecule has 4 heteroatoms. The fourth-order valence-electron chi connectivity index (χ4n) is 3.28. The molecule has 0 saturated heterocycles. The molecule has 1 aromatic carbocycles. The zero-order valence-electron chi connectivity index (χ0n) is 14.0. The fourth-order valence-corrected chi connectivity index (χ4v) is 3.28. The van der Waals surface area contributed by atoms with Crippen molar-refractivity contribution in [3.05, 3.63) is 29.3 Å². The Labute approximate surface area is 132 Å². The van der Waals surface area contributed by atoms with Crippen LogP contribution in [-0.4, -0.2) is 17.2 Å². The number of aryl methyl sites for hydroxylation is 1. The van der Waals surface area contributed by atoms with E-state index in [9.17, 15) is 4.79 Å². The van der Waals surface area contributed by atoms with Crippen LogP contribution < -0.4 is 11.1 Å². The molecule has 0 heterocycles. The number of rotatable bonds is 3. The maximum Gasteiger partial charge on any atom is 0.412 e. The predicted octanol–water partition coefficient (Wildman–Crippen LogP) is 3.86. The summed E-state index contributed by atoms with van der Waals surface area (Å²) in [6.07, 6.45) is 4.11. The van der Waals surface area contributed by atoms with Crippen molar-refractivity contribution in [1.82, 2.24) is 0 Å². The van der Waals surface area contributed by atoms with Gasteiger partial charge >= 0.3 is 6.09 Å². The van der Waals surface area contributed by atoms with Crippen LogP contribution in [-0.2, 0) is 10.2 Å². The van der Waals surface area contributed by atoms with Crippen LogP contribution in [0.15, 0.2) is 18.2 Å². The number of ether oxygens (including phenoxy) is 1. The van der Waals surface area contributed by atoms with Gasteiger partial charge in [0.1, 0.15) is 5.60 Å². The lowest BCUT2D eigenvalue weighted by molar-refractivity contribution is 0.0636. The topological polar surface area (TPSA) is 64.3 Å². The Morgan fingerprint density at radius 1 is 1.23 bits per heavy atom. The average molecular weight is 302 g/mol. The summed E-state index contributed by atoms with van der Waals surface area (Å²) < 4.78 is 5.34. The Balaban J connectivity index is 1.81. The Bertz CT molecular complexity index is 608. The van der Waals surface area contributed by atoms with E-state index in [2.05, 4.69) is 23.5 Å². The summed E-state index contributed by atoms with van der Waals surface area (Å²) in [7, 11) is 0. The van der Waals surface area contributed by atoms with E-state index < -0.39 is 11.7 Å². The maximum absolute atomic E-state index is 12.0. The molecule has 1 amide bonds. The first-order chi connectivity index (χ1) is 10.2. The van der Waals surface area contributed by atoms with Crippen molar-refractivity contribution in [2.75, 3.05) is 5.32 Å². The van der Waals surface area contributed by atoms with E-state index in [-0.39, 0.29) is 11.0 Å². The van der Waals surface area contributed by atoms with Crippen LogP contribution in [0.2, 0.25) is 0 Å². The Morgan fingerprint density at radius 2 is 1.86 bits per heavy atom. The normalized spacial score (nSPS) is 21.1. The van der Waals surface area contributed by atoms with Gasteiger partial charge in [-0.05, 0) is 70.6 Å². The van der Waals surface area contributed by atoms with E-state index in [4.69, 9.17) is 10.5 Å². The zero-order valence-corrected chi connectivity index (χ0v) is 14.0. The molecule has 120 valence electrons. The lowest BCUT2D eigenvalue weighted by Gasteiger charge is -2.25. The number of amides is 1. The minimum absolute atomic E-state index is 0.0224. The average Bonchev–Trinajstić information content (AvgIpc) is 3.25. The van der Waals surface area contributed by atoms with Crippen molar-refractivity contribution in [3.63, 3.8) is 0 Å². The van der Waals surface area contributed by atoms with Gasteiger partial charge in [0.25, 0.3) is 0 Å². The molecule has 2 aliphatic carbocycles. The summed E-state index contributed by atoms with van der Waals surface area (Å²) in [6.45, 7) is 7.58. The number of carbonyl (C=O) groups excluding carboxylic acids is 1. The van der Waals surface area contributed by atoms with E-state index >= 15 is 0 Å². The highest BCUT2D eigenvalue weighted by atomic mass is 16.6. The quantitative estimate of drug-likeness (QED) is 0.891. The van der Waals surface area contributed by atoms with Gasteiger partial charge in [-0.3, -0.25) is 5.32 Å². The van der Waals surface area contributed by atoms with Crippen molar-refractivity contribution < 1.29 is 9.53 Å². The molecular weight excluding hydrogens is 276 g/mol. The van der Waals surface area contributed by atoms with Crippen LogP contribution in [0.5, 0.6) is 0 Å². The van der Waals surface area contributed by atoms with Crippen LogP contribution in [0.3, 0.4) is 0 Å². The van der Waals surface area contributed by atoms with Gasteiger partial charge in [0.05, 0.1) is 0 Å². The highest BCUT2D eigenvalue weighted by molar-refractivity contribution is 5.86. The molecule has 4 nitrogen and oxygen atoms in total. The molecule has 0 aliphatic heterocycles. The molecule has 3 rings (SSSR count). The van der Waals surface area contributed by atoms with Gasteiger partial charge in [-0.15, -0.1) is 0 Å². The second kappa shape index (κ2) is 4.72. The number of carbonyl (C=O) groups is 1. The maximum atomic E-state index is 12.0. The highest BCUT2D eigenvalue weighted by Gasteiger charge is 2.64. The summed E-state index contributed by atoms with van der Waals surface area (Å²) in [6, 6.07) is 6.31. The van der Waals surface area contributed by atoms with Gasteiger partial charge in [0, 0.05) is 16.6 Å². The summed E-state index contributed by atoms with van der Waals surface area (Å²) in [4.78, 5) is 12.0. The summed E-state index contributed by atoms with van der Waals surface area (Å²) in [5.41, 5.74) is 9.20. The number of hydrogen-bond donors (Lipinski definition) is 2. The molecule has 2 aliphatic rings. The molecule has 2 saturated carbocycles. The molecule has 0 atom stereocenters. The minimum Gasteiger partial charge on any atom is -0.444 e. The molecule has 3 N–H and O–H groups in total. The first kappa shape index (κ1) is 15.3. The van der Waals surface area contributed by atoms with Gasteiger partial charge in [0.15, 0.2) is 0 Å². The van der Waals surface area contributed by atoms with Crippen LogP contribution in [0, 0.1) is 6.92 Å². The lowest BCUT2D eigenvalue weighted by atomic mass is 9.85. The molecule has 0 radical (unpaired) electrons. The lowest BCUT2D eigenvalue weighted by Crippen LogP contribution is -2.37.